The Bertz CT molecular complexity index is 1110. The minimum absolute atomic E-state index is 0.0509. The molecule has 18 nitrogen and oxygen atoms in total. The Kier molecular flexibility index (Phi) is 6.68. The molecule has 1 aliphatic heterocycles. The molecule has 0 bridgehead atoms. The van der Waals surface area contributed by atoms with Crippen molar-refractivity contribution in [3.63, 3.8) is 0 Å². The monoisotopic (exact) mass is 506 g/mol. The molecule has 21 heteroatoms. The van der Waals surface area contributed by atoms with Crippen molar-refractivity contribution in [1.29, 1.82) is 0 Å². The summed E-state index contributed by atoms with van der Waals surface area (Å²) in [7, 11) is -16.1. The smallest absolute Gasteiger partial charge is 0.387 e. The van der Waals surface area contributed by atoms with Gasteiger partial charge in [-0.1, -0.05) is 0 Å². The van der Waals surface area contributed by atoms with Gasteiger partial charge >= 0.3 is 23.3 Å². The van der Waals surface area contributed by atoms with E-state index in [9.17, 15) is 33.7 Å². The number of hydrogen-bond acceptors (Lipinski definition) is 12. The predicted octanol–water partition coefficient (Wildman–Crippen LogP) is -2.06. The number of nitrogens with one attached hydrogen (secondary N) is 1. The Morgan fingerprint density at radius 2 is 1.77 bits per heavy atom. The van der Waals surface area contributed by atoms with Crippen molar-refractivity contribution >= 4 is 40.3 Å². The molecule has 1 aliphatic rings. The molecule has 9 N–H and O–H groups in total. The zero-order valence-electron chi connectivity index (χ0n) is 15.0. The number of hydrogen-bond donors (Lipinski definition) is 8. The van der Waals surface area contributed by atoms with Crippen LogP contribution in [0.2, 0.25) is 0 Å². The highest BCUT2D eigenvalue weighted by Crippen LogP contribution is 2.60. The number of rotatable bonds is 8. The summed E-state index contributed by atoms with van der Waals surface area (Å²) in [4.78, 5) is 48.6. The average Bonchev–Trinajstić information content (AvgIpc) is 3.13. The molecule has 2 aromatic rings. The van der Waals surface area contributed by atoms with Gasteiger partial charge in [-0.25, -0.2) is 28.6 Å². The number of nitrogens with two attached hydrogens (primary N) is 1. The fourth-order valence-electron chi connectivity index (χ4n) is 2.68. The lowest BCUT2D eigenvalue weighted by Crippen LogP contribution is -2.34. The molecule has 6 atom stereocenters. The third kappa shape index (κ3) is 5.71. The molecule has 1 fully saturated rings. The molecule has 0 aromatic carbocycles. The Labute approximate surface area is 172 Å². The normalized spacial score (nSPS) is 28.5. The molecule has 0 amide bonds. The van der Waals surface area contributed by atoms with Crippen molar-refractivity contribution in [2.45, 2.75) is 24.5 Å². The first-order valence-corrected chi connectivity index (χ1v) is 12.7. The Hall–Kier alpha value is -1.36. The van der Waals surface area contributed by atoms with Gasteiger partial charge in [0.05, 0.1) is 12.9 Å². The van der Waals surface area contributed by atoms with E-state index in [1.54, 1.807) is 0 Å². The first-order valence-electron chi connectivity index (χ1n) is 8.00. The summed E-state index contributed by atoms with van der Waals surface area (Å²) in [6, 6.07) is 0. The maximum Gasteiger partial charge on any atom is 0.477 e. The lowest BCUT2D eigenvalue weighted by Gasteiger charge is -2.20. The van der Waals surface area contributed by atoms with Gasteiger partial charge in [0, 0.05) is 0 Å². The van der Waals surface area contributed by atoms with Crippen LogP contribution in [-0.4, -0.2) is 74.2 Å². The summed E-state index contributed by atoms with van der Waals surface area (Å²) in [5.41, 5.74) is 6.03. The van der Waals surface area contributed by atoms with Gasteiger partial charge in [0.25, 0.3) is 0 Å². The van der Waals surface area contributed by atoms with Crippen LogP contribution >= 0.6 is 23.3 Å². The molecule has 3 heterocycles. The van der Waals surface area contributed by atoms with Gasteiger partial charge in [0.15, 0.2) is 17.7 Å². The first-order chi connectivity index (χ1) is 14.2. The second-order valence-corrected chi connectivity index (χ2v) is 10.9. The number of aliphatic hydroxyl groups excluding tert-OH is 2. The summed E-state index contributed by atoms with van der Waals surface area (Å²) in [5.74, 6) is 0.0509. The van der Waals surface area contributed by atoms with Crippen LogP contribution in [0, 0.1) is 0 Å². The molecule has 0 saturated carbocycles. The van der Waals surface area contributed by atoms with E-state index in [-0.39, 0.29) is 17.0 Å². The van der Waals surface area contributed by atoms with Crippen LogP contribution in [0.5, 0.6) is 0 Å². The maximum atomic E-state index is 11.9. The van der Waals surface area contributed by atoms with E-state index in [0.29, 0.717) is 0 Å². The molecule has 1 saturated heterocycles. The van der Waals surface area contributed by atoms with Crippen LogP contribution in [0.4, 0.5) is 5.82 Å². The molecule has 174 valence electrons. The molecular formula is C10H17N6O12P3. The number of aliphatic hydroxyl groups is 2. The van der Waals surface area contributed by atoms with Crippen LogP contribution in [0.3, 0.4) is 0 Å². The van der Waals surface area contributed by atoms with Crippen molar-refractivity contribution in [3.05, 3.63) is 12.7 Å². The quantitative estimate of drug-likeness (QED) is 0.179. The highest BCUT2D eigenvalue weighted by molar-refractivity contribution is 7.70. The van der Waals surface area contributed by atoms with Crippen LogP contribution in [0.15, 0.2) is 12.7 Å². The fourth-order valence-corrected chi connectivity index (χ4v) is 6.16. The van der Waals surface area contributed by atoms with E-state index < -0.39 is 54.5 Å². The minimum atomic E-state index is -5.48. The number of phosphoric acid groups is 1. The Morgan fingerprint density at radius 1 is 1.10 bits per heavy atom. The number of ether oxygens (including phenoxy) is 1. The molecule has 3 rings (SSSR count). The third-order valence-electron chi connectivity index (χ3n) is 3.88. The summed E-state index contributed by atoms with van der Waals surface area (Å²) >= 11 is 0. The molecular weight excluding hydrogens is 489 g/mol. The standard InChI is InChI=1S/C10H17N6O12P3/c11-8-5-9(13-2-12-8)16(3-14-5)10-7(18)6(17)4(27-10)1-26-29(19,20)15-30(21,22)28-31(23,24)25/h2-4,6-7,10,17-18H,1H2,(H2,11,12,13)(H2,23,24,25)(H3,15,19,20,21,22)/t4-,6-,7-,10-/m1/s1. The number of nitrogens with zero attached hydrogens (tertiary/aromatic N) is 4. The minimum Gasteiger partial charge on any atom is -0.387 e. The van der Waals surface area contributed by atoms with Gasteiger partial charge in [-0.05, 0) is 0 Å². The van der Waals surface area contributed by atoms with Crippen molar-refractivity contribution in [2.24, 2.45) is 0 Å². The molecule has 0 spiro atoms. The summed E-state index contributed by atoms with van der Waals surface area (Å²) in [6.07, 6.45) is -3.56. The topological polar surface area (TPSA) is 282 Å². The third-order valence-corrected chi connectivity index (χ3v) is 8.14. The number of anilines is 1. The number of fused-ring (bicyclic) bond motifs is 1. The van der Waals surface area contributed by atoms with Crippen molar-refractivity contribution in [3.8, 4) is 0 Å². The lowest BCUT2D eigenvalue weighted by molar-refractivity contribution is -0.0486. The predicted molar refractivity (Wildman–Crippen MR) is 97.5 cm³/mol. The van der Waals surface area contributed by atoms with E-state index in [4.69, 9.17) is 20.3 Å². The zero-order valence-corrected chi connectivity index (χ0v) is 17.7. The van der Waals surface area contributed by atoms with Crippen LogP contribution < -0.4 is 10.6 Å². The van der Waals surface area contributed by atoms with Gasteiger partial charge in [-0.3, -0.25) is 9.09 Å². The van der Waals surface area contributed by atoms with E-state index in [1.165, 1.54) is 10.9 Å². The highest BCUT2D eigenvalue weighted by atomic mass is 31.3. The molecule has 0 radical (unpaired) electrons. The van der Waals surface area contributed by atoms with E-state index in [1.807, 2.05) is 0 Å². The Balaban J connectivity index is 1.69. The summed E-state index contributed by atoms with van der Waals surface area (Å²) < 4.78 is 48.7. The van der Waals surface area contributed by atoms with Gasteiger partial charge in [-0.15, -0.1) is 4.86 Å². The fraction of sp³-hybridized carbons (Fsp3) is 0.500. The zero-order chi connectivity index (χ0) is 23.2. The summed E-state index contributed by atoms with van der Waals surface area (Å²) in [5, 5.41) is 20.4. The van der Waals surface area contributed by atoms with Crippen LogP contribution in [0.25, 0.3) is 11.2 Å². The van der Waals surface area contributed by atoms with E-state index in [2.05, 4.69) is 23.8 Å². The van der Waals surface area contributed by atoms with E-state index >= 15 is 0 Å². The Morgan fingerprint density at radius 3 is 2.42 bits per heavy atom. The van der Waals surface area contributed by atoms with Gasteiger partial charge in [-0.2, -0.15) is 4.31 Å². The number of imidazole rings is 1. The molecule has 2 aromatic heterocycles. The largest absolute Gasteiger partial charge is 0.477 e. The van der Waals surface area contributed by atoms with Crippen molar-refractivity contribution < 1.29 is 57.1 Å². The average molecular weight is 506 g/mol. The van der Waals surface area contributed by atoms with E-state index in [0.717, 1.165) is 11.2 Å². The first kappa shape index (κ1) is 24.3. The van der Waals surface area contributed by atoms with Crippen LogP contribution in [0.1, 0.15) is 6.23 Å². The second-order valence-electron chi connectivity index (χ2n) is 6.14. The number of aromatic nitrogens is 4. The molecule has 0 aliphatic carbocycles. The number of nitrogen functional groups attached to an aromatic ring is 1. The summed E-state index contributed by atoms with van der Waals surface area (Å²) in [6.45, 7) is -0.894. The second kappa shape index (κ2) is 8.53. The van der Waals surface area contributed by atoms with Gasteiger partial charge in [0.2, 0.25) is 0 Å². The highest BCUT2D eigenvalue weighted by Gasteiger charge is 2.46. The lowest BCUT2D eigenvalue weighted by atomic mass is 10.1. The molecule has 31 heavy (non-hydrogen) atoms. The van der Waals surface area contributed by atoms with Gasteiger partial charge in [0.1, 0.15) is 30.2 Å². The van der Waals surface area contributed by atoms with Gasteiger partial charge < -0.3 is 40.3 Å². The maximum absolute atomic E-state index is 11.9. The van der Waals surface area contributed by atoms with Crippen LogP contribution in [-0.2, 0) is 27.3 Å². The SMILES string of the molecule is Nc1ncnc2c1ncn2[C@@H]1O[C@H](COP(=O)(O)NP(=O)(O)OP(=O)(O)O)[C@@H](O)[C@H]1O. The van der Waals surface area contributed by atoms with Crippen molar-refractivity contribution in [1.82, 2.24) is 24.4 Å². The van der Waals surface area contributed by atoms with Crippen molar-refractivity contribution in [2.75, 3.05) is 12.3 Å². The molecule has 2 unspecified atom stereocenters.